The zero-order valence-corrected chi connectivity index (χ0v) is 16.0. The number of hydrogen-bond acceptors (Lipinski definition) is 5. The van der Waals surface area contributed by atoms with Crippen molar-refractivity contribution in [1.29, 1.82) is 0 Å². The van der Waals surface area contributed by atoms with Crippen molar-refractivity contribution in [2.75, 3.05) is 17.6 Å². The van der Waals surface area contributed by atoms with E-state index < -0.39 is 22.0 Å². The molecule has 0 atom stereocenters. The fraction of sp³-hybridized carbons (Fsp3) is 0.263. The van der Waals surface area contributed by atoms with Crippen molar-refractivity contribution in [3.63, 3.8) is 0 Å². The summed E-state index contributed by atoms with van der Waals surface area (Å²) in [5, 5.41) is 4.15. The first kappa shape index (κ1) is 19.6. The minimum atomic E-state index is -4.77. The largest absolute Gasteiger partial charge is 0.404 e. The molecule has 6 nitrogen and oxygen atoms in total. The molecule has 1 N–H and O–H groups in total. The molecule has 0 fully saturated rings. The lowest BCUT2D eigenvalue weighted by molar-refractivity contribution is -0.107. The van der Waals surface area contributed by atoms with Gasteiger partial charge in [-0.1, -0.05) is 18.2 Å². The van der Waals surface area contributed by atoms with Crippen LogP contribution in [0.25, 0.3) is 10.9 Å². The van der Waals surface area contributed by atoms with Crippen LogP contribution in [0.1, 0.15) is 11.1 Å². The van der Waals surface area contributed by atoms with Gasteiger partial charge < -0.3 is 5.32 Å². The molecular formula is C19H17F3N4O2S. The van der Waals surface area contributed by atoms with Crippen molar-refractivity contribution in [2.45, 2.75) is 19.1 Å². The standard InChI is InChI=1S/C19H17F3N4O2S/c20-19(21,22)12-29(27,28)26-8-6-16-14(11-26)5-7-23-18(16)25-15-9-13-3-1-2-4-17(13)24-10-15/h1-5,7,9-10H,6,8,11-12H2,(H,23,25). The van der Waals surface area contributed by atoms with Crippen molar-refractivity contribution in [3.05, 3.63) is 59.9 Å². The van der Waals surface area contributed by atoms with Crippen LogP contribution in [0, 0.1) is 0 Å². The molecule has 1 aliphatic heterocycles. The summed E-state index contributed by atoms with van der Waals surface area (Å²) in [6.45, 7) is -0.136. The number of sulfonamides is 1. The van der Waals surface area contributed by atoms with Gasteiger partial charge in [0.05, 0.1) is 17.4 Å². The van der Waals surface area contributed by atoms with Gasteiger partial charge in [-0.05, 0) is 30.2 Å². The Labute approximate surface area is 165 Å². The second-order valence-electron chi connectivity index (χ2n) is 6.79. The Bertz CT molecular complexity index is 1170. The zero-order chi connectivity index (χ0) is 20.6. The topological polar surface area (TPSA) is 75.2 Å². The summed E-state index contributed by atoms with van der Waals surface area (Å²) in [6.07, 6.45) is -1.32. The van der Waals surface area contributed by atoms with E-state index in [4.69, 9.17) is 0 Å². The summed E-state index contributed by atoms with van der Waals surface area (Å²) in [7, 11) is -4.42. The van der Waals surface area contributed by atoms with E-state index in [0.29, 0.717) is 11.4 Å². The number of benzene rings is 1. The Morgan fingerprint density at radius 2 is 1.93 bits per heavy atom. The van der Waals surface area contributed by atoms with Gasteiger partial charge in [-0.2, -0.15) is 17.5 Å². The first-order valence-electron chi connectivity index (χ1n) is 8.84. The zero-order valence-electron chi connectivity index (χ0n) is 15.1. The van der Waals surface area contributed by atoms with Crippen molar-refractivity contribution in [3.8, 4) is 0 Å². The molecule has 1 aromatic carbocycles. The molecule has 0 saturated carbocycles. The maximum absolute atomic E-state index is 12.6. The highest BCUT2D eigenvalue weighted by molar-refractivity contribution is 7.89. The van der Waals surface area contributed by atoms with E-state index in [0.717, 1.165) is 26.5 Å². The number of rotatable bonds is 4. The van der Waals surface area contributed by atoms with E-state index in [1.807, 2.05) is 30.3 Å². The number of pyridine rings is 2. The Kier molecular flexibility index (Phi) is 4.91. The number of para-hydroxylation sites is 1. The number of halogens is 3. The van der Waals surface area contributed by atoms with Crippen molar-refractivity contribution < 1.29 is 21.6 Å². The molecule has 0 aliphatic carbocycles. The smallest absolute Gasteiger partial charge is 0.339 e. The fourth-order valence-corrected chi connectivity index (χ4v) is 4.69. The van der Waals surface area contributed by atoms with E-state index in [1.165, 1.54) is 6.20 Å². The van der Waals surface area contributed by atoms with Crippen LogP contribution in [0.4, 0.5) is 24.7 Å². The molecule has 0 bridgehead atoms. The predicted octanol–water partition coefficient (Wildman–Crippen LogP) is 3.62. The number of anilines is 2. The van der Waals surface area contributed by atoms with Gasteiger partial charge in [-0.25, -0.2) is 13.4 Å². The number of nitrogens with zero attached hydrogens (tertiary/aromatic N) is 3. The van der Waals surface area contributed by atoms with Gasteiger partial charge >= 0.3 is 6.18 Å². The molecular weight excluding hydrogens is 405 g/mol. The molecule has 2 aromatic heterocycles. The summed E-state index contributed by atoms with van der Waals surface area (Å²) in [5.41, 5.74) is 3.00. The second kappa shape index (κ2) is 7.27. The van der Waals surface area contributed by atoms with Crippen LogP contribution in [0.2, 0.25) is 0 Å². The van der Waals surface area contributed by atoms with E-state index in [-0.39, 0.29) is 19.5 Å². The van der Waals surface area contributed by atoms with Crippen molar-refractivity contribution in [2.24, 2.45) is 0 Å². The van der Waals surface area contributed by atoms with Crippen LogP contribution < -0.4 is 5.32 Å². The van der Waals surface area contributed by atoms with Crippen LogP contribution in [0.15, 0.2) is 48.8 Å². The number of nitrogens with one attached hydrogen (secondary N) is 1. The van der Waals surface area contributed by atoms with E-state index in [2.05, 4.69) is 15.3 Å². The van der Waals surface area contributed by atoms with E-state index in [1.54, 1.807) is 12.3 Å². The lowest BCUT2D eigenvalue weighted by Crippen LogP contribution is -2.41. The van der Waals surface area contributed by atoms with Crippen molar-refractivity contribution >= 4 is 32.4 Å². The van der Waals surface area contributed by atoms with Crippen LogP contribution in [0.3, 0.4) is 0 Å². The third-order valence-corrected chi connectivity index (χ3v) is 6.49. The highest BCUT2D eigenvalue weighted by Crippen LogP contribution is 2.30. The van der Waals surface area contributed by atoms with Gasteiger partial charge in [-0.3, -0.25) is 4.98 Å². The molecule has 0 amide bonds. The molecule has 1 aliphatic rings. The van der Waals surface area contributed by atoms with Crippen LogP contribution in [-0.4, -0.2) is 41.2 Å². The third kappa shape index (κ3) is 4.33. The molecule has 3 aromatic rings. The quantitative estimate of drug-likeness (QED) is 0.695. The third-order valence-electron chi connectivity index (χ3n) is 4.70. The summed E-state index contributed by atoms with van der Waals surface area (Å²) >= 11 is 0. The molecule has 10 heteroatoms. The highest BCUT2D eigenvalue weighted by atomic mass is 32.2. The van der Waals surface area contributed by atoms with Crippen molar-refractivity contribution in [1.82, 2.24) is 14.3 Å². The molecule has 0 saturated heterocycles. The molecule has 3 heterocycles. The van der Waals surface area contributed by atoms with Crippen LogP contribution in [-0.2, 0) is 23.0 Å². The van der Waals surface area contributed by atoms with Crippen LogP contribution in [0.5, 0.6) is 0 Å². The first-order chi connectivity index (χ1) is 13.7. The Balaban J connectivity index is 1.58. The number of fused-ring (bicyclic) bond motifs is 2. The minimum Gasteiger partial charge on any atom is -0.339 e. The molecule has 0 spiro atoms. The van der Waals surface area contributed by atoms with Gasteiger partial charge in [-0.15, -0.1) is 0 Å². The average molecular weight is 422 g/mol. The van der Waals surface area contributed by atoms with Gasteiger partial charge in [0.1, 0.15) is 5.82 Å². The number of aromatic nitrogens is 2. The molecule has 0 unspecified atom stereocenters. The van der Waals surface area contributed by atoms with Crippen LogP contribution >= 0.6 is 0 Å². The Morgan fingerprint density at radius 3 is 2.72 bits per heavy atom. The van der Waals surface area contributed by atoms with Gasteiger partial charge in [0.15, 0.2) is 5.75 Å². The number of alkyl halides is 3. The summed E-state index contributed by atoms with van der Waals surface area (Å²) < 4.78 is 62.8. The maximum Gasteiger partial charge on any atom is 0.404 e. The van der Waals surface area contributed by atoms with Gasteiger partial charge in [0.2, 0.25) is 10.0 Å². The number of hydrogen-bond donors (Lipinski definition) is 1. The Morgan fingerprint density at radius 1 is 1.14 bits per heavy atom. The summed E-state index contributed by atoms with van der Waals surface area (Å²) in [4.78, 5) is 8.71. The normalized spacial score (nSPS) is 15.3. The first-order valence-corrected chi connectivity index (χ1v) is 10.5. The average Bonchev–Trinajstić information content (AvgIpc) is 2.66. The Hall–Kier alpha value is -2.72. The lowest BCUT2D eigenvalue weighted by Gasteiger charge is -2.29. The summed E-state index contributed by atoms with van der Waals surface area (Å²) in [6, 6.07) is 11.2. The predicted molar refractivity (Wildman–Crippen MR) is 103 cm³/mol. The molecule has 29 heavy (non-hydrogen) atoms. The van der Waals surface area contributed by atoms with E-state index in [9.17, 15) is 21.6 Å². The molecule has 4 rings (SSSR count). The fourth-order valence-electron chi connectivity index (χ4n) is 3.38. The monoisotopic (exact) mass is 422 g/mol. The lowest BCUT2D eigenvalue weighted by atomic mass is 10.0. The van der Waals surface area contributed by atoms with Gasteiger partial charge in [0.25, 0.3) is 0 Å². The van der Waals surface area contributed by atoms with E-state index >= 15 is 0 Å². The minimum absolute atomic E-state index is 0.0260. The maximum atomic E-state index is 12.6. The second-order valence-corrected chi connectivity index (χ2v) is 8.76. The SMILES string of the molecule is O=S(=O)(CC(F)(F)F)N1CCc2c(ccnc2Nc2cnc3ccccc3c2)C1. The van der Waals surface area contributed by atoms with Gasteiger partial charge in [0, 0.05) is 30.2 Å². The summed E-state index contributed by atoms with van der Waals surface area (Å²) in [5.74, 6) is -1.30. The molecule has 0 radical (unpaired) electrons. The molecule has 152 valence electrons. The highest BCUT2D eigenvalue weighted by Gasteiger charge is 2.39.